The highest BCUT2D eigenvalue weighted by Crippen LogP contribution is 2.26. The molecule has 170 valence electrons. The van der Waals surface area contributed by atoms with Gasteiger partial charge in [0.15, 0.2) is 6.10 Å². The molecule has 4 aromatic rings. The summed E-state index contributed by atoms with van der Waals surface area (Å²) in [5, 5.41) is 3.89. The number of ketones is 1. The normalized spacial score (nSPS) is 11.5. The van der Waals surface area contributed by atoms with E-state index < -0.39 is 12.1 Å². The molecule has 5 heteroatoms. The molecule has 4 nitrogen and oxygen atoms in total. The second kappa shape index (κ2) is 10.8. The quantitative estimate of drug-likeness (QED) is 0.222. The number of hydrogen-bond acceptors (Lipinski definition) is 4. The fraction of sp³-hybridized carbons (Fsp3) is 0.103. The topological polar surface area (TPSA) is 55.4 Å². The summed E-state index contributed by atoms with van der Waals surface area (Å²) in [6.07, 6.45) is -1.07. The first-order chi connectivity index (χ1) is 16.5. The van der Waals surface area contributed by atoms with Gasteiger partial charge in [-0.1, -0.05) is 83.9 Å². The molecule has 0 spiro atoms. The lowest BCUT2D eigenvalue weighted by atomic mass is 9.99. The maximum Gasteiger partial charge on any atom is 0.339 e. The molecule has 0 saturated heterocycles. The second-order valence-electron chi connectivity index (χ2n) is 7.98. The third-order valence-electron chi connectivity index (χ3n) is 5.43. The van der Waals surface area contributed by atoms with Gasteiger partial charge in [-0.15, -0.1) is 0 Å². The van der Waals surface area contributed by atoms with Crippen LogP contribution in [0, 0.1) is 6.92 Å². The van der Waals surface area contributed by atoms with Crippen LogP contribution in [0.3, 0.4) is 0 Å². The Kier molecular flexibility index (Phi) is 7.41. The van der Waals surface area contributed by atoms with E-state index >= 15 is 0 Å². The number of hydrogen-bond donors (Lipinski definition) is 1. The van der Waals surface area contributed by atoms with Crippen LogP contribution in [0.4, 0.5) is 5.69 Å². The molecule has 34 heavy (non-hydrogen) atoms. The van der Waals surface area contributed by atoms with Crippen molar-refractivity contribution in [3.63, 3.8) is 0 Å². The van der Waals surface area contributed by atoms with Gasteiger partial charge in [-0.05, 0) is 48.9 Å². The molecule has 1 atom stereocenters. The Bertz CT molecular complexity index is 1250. The average molecular weight is 470 g/mol. The molecule has 0 fully saturated rings. The number of benzene rings is 4. The summed E-state index contributed by atoms with van der Waals surface area (Å²) in [4.78, 5) is 26.1. The van der Waals surface area contributed by atoms with Gasteiger partial charge in [-0.2, -0.15) is 0 Å². The lowest BCUT2D eigenvalue weighted by Crippen LogP contribution is -2.20. The Hall–Kier alpha value is -3.89. The zero-order valence-electron chi connectivity index (χ0n) is 18.7. The van der Waals surface area contributed by atoms with Crippen molar-refractivity contribution in [2.45, 2.75) is 19.6 Å². The minimum absolute atomic E-state index is 0.296. The molecule has 0 bridgehead atoms. The SMILES string of the molecule is Cc1ccc(NCc2ccc(C(=O)O[C@H](C(=O)c3ccccc3)c3ccc(Cl)cc3)cc2)cc1. The van der Waals surface area contributed by atoms with Crippen molar-refractivity contribution in [1.29, 1.82) is 0 Å². The van der Waals surface area contributed by atoms with Crippen molar-refractivity contribution >= 4 is 29.0 Å². The first kappa shape index (κ1) is 23.3. The van der Waals surface area contributed by atoms with Gasteiger partial charge >= 0.3 is 5.97 Å². The van der Waals surface area contributed by atoms with E-state index in [2.05, 4.69) is 17.4 Å². The Morgan fingerprint density at radius 2 is 1.44 bits per heavy atom. The molecule has 0 heterocycles. The van der Waals surface area contributed by atoms with Crippen molar-refractivity contribution in [2.24, 2.45) is 0 Å². The summed E-state index contributed by atoms with van der Waals surface area (Å²) in [5.74, 6) is -0.863. The number of carbonyl (C=O) groups is 2. The molecule has 4 aromatic carbocycles. The minimum Gasteiger partial charge on any atom is -0.445 e. The van der Waals surface area contributed by atoms with Crippen LogP contribution in [0.2, 0.25) is 5.02 Å². The molecule has 0 aliphatic carbocycles. The molecular formula is C29H24ClNO3. The van der Waals surface area contributed by atoms with E-state index in [1.807, 2.05) is 37.3 Å². The van der Waals surface area contributed by atoms with Gasteiger partial charge in [0.05, 0.1) is 5.56 Å². The van der Waals surface area contributed by atoms with E-state index in [9.17, 15) is 9.59 Å². The summed E-state index contributed by atoms with van der Waals surface area (Å²) in [6.45, 7) is 2.67. The Morgan fingerprint density at radius 1 is 0.794 bits per heavy atom. The van der Waals surface area contributed by atoms with Crippen molar-refractivity contribution < 1.29 is 14.3 Å². The van der Waals surface area contributed by atoms with Gasteiger partial charge in [0, 0.05) is 28.4 Å². The molecule has 0 radical (unpaired) electrons. The predicted molar refractivity (Wildman–Crippen MR) is 135 cm³/mol. The van der Waals surface area contributed by atoms with Crippen LogP contribution in [0.15, 0.2) is 103 Å². The fourth-order valence-electron chi connectivity index (χ4n) is 3.47. The maximum absolute atomic E-state index is 13.2. The maximum atomic E-state index is 13.2. The first-order valence-corrected chi connectivity index (χ1v) is 11.3. The standard InChI is InChI=1S/C29H24ClNO3/c1-20-7-17-26(18-8-20)31-19-21-9-11-24(12-10-21)29(33)34-28(23-13-15-25(30)16-14-23)27(32)22-5-3-2-4-6-22/h2-18,28,31H,19H2,1H3/t28-/m0/s1. The molecule has 0 aromatic heterocycles. The number of nitrogens with one attached hydrogen (secondary N) is 1. The van der Waals surface area contributed by atoms with Gasteiger partial charge in [0.1, 0.15) is 0 Å². The van der Waals surface area contributed by atoms with Crippen molar-refractivity contribution in [3.8, 4) is 0 Å². The lowest BCUT2D eigenvalue weighted by Gasteiger charge is -2.18. The molecule has 0 saturated carbocycles. The van der Waals surface area contributed by atoms with Crippen LogP contribution >= 0.6 is 11.6 Å². The third-order valence-corrected chi connectivity index (χ3v) is 5.68. The van der Waals surface area contributed by atoms with Crippen LogP contribution in [-0.4, -0.2) is 11.8 Å². The molecule has 0 unspecified atom stereocenters. The number of rotatable bonds is 8. The summed E-state index contributed by atoms with van der Waals surface area (Å²) in [5.41, 5.74) is 4.65. The van der Waals surface area contributed by atoms with Gasteiger partial charge in [-0.3, -0.25) is 4.79 Å². The van der Waals surface area contributed by atoms with Crippen LogP contribution in [0.25, 0.3) is 0 Å². The van der Waals surface area contributed by atoms with E-state index in [4.69, 9.17) is 16.3 Å². The number of halogens is 1. The van der Waals surface area contributed by atoms with Crippen molar-refractivity contribution in [3.05, 3.63) is 136 Å². The van der Waals surface area contributed by atoms with Crippen molar-refractivity contribution in [1.82, 2.24) is 0 Å². The number of Topliss-reactive ketones (excluding diaryl/α,β-unsaturated/α-hetero) is 1. The highest BCUT2D eigenvalue weighted by molar-refractivity contribution is 6.30. The van der Waals surface area contributed by atoms with Gasteiger partial charge < -0.3 is 10.1 Å². The number of ether oxygens (including phenoxy) is 1. The van der Waals surface area contributed by atoms with Gasteiger partial charge in [-0.25, -0.2) is 4.79 Å². The molecule has 0 aliphatic heterocycles. The summed E-state index contributed by atoms with van der Waals surface area (Å²) < 4.78 is 5.71. The average Bonchev–Trinajstić information content (AvgIpc) is 2.88. The van der Waals surface area contributed by atoms with Crippen molar-refractivity contribution in [2.75, 3.05) is 5.32 Å². The largest absolute Gasteiger partial charge is 0.445 e. The number of aryl methyl sites for hydroxylation is 1. The third kappa shape index (κ3) is 5.91. The minimum atomic E-state index is -1.07. The Labute approximate surface area is 204 Å². The smallest absolute Gasteiger partial charge is 0.339 e. The Morgan fingerprint density at radius 3 is 2.09 bits per heavy atom. The molecular weight excluding hydrogens is 446 g/mol. The van der Waals surface area contributed by atoms with Crippen LogP contribution < -0.4 is 5.32 Å². The van der Waals surface area contributed by atoms with Crippen LogP contribution in [0.1, 0.15) is 43.5 Å². The fourth-order valence-corrected chi connectivity index (χ4v) is 3.60. The van der Waals surface area contributed by atoms with Crippen LogP contribution in [-0.2, 0) is 11.3 Å². The van der Waals surface area contributed by atoms with E-state index in [-0.39, 0.29) is 5.78 Å². The van der Waals surface area contributed by atoms with Gasteiger partial charge in [0.25, 0.3) is 0 Å². The van der Waals surface area contributed by atoms with E-state index in [0.717, 1.165) is 11.3 Å². The zero-order valence-corrected chi connectivity index (χ0v) is 19.5. The molecule has 1 N–H and O–H groups in total. The lowest BCUT2D eigenvalue weighted by molar-refractivity contribution is 0.0280. The number of carbonyl (C=O) groups excluding carboxylic acids is 2. The predicted octanol–water partition coefficient (Wildman–Crippen LogP) is 7.04. The summed E-state index contributed by atoms with van der Waals surface area (Å²) >= 11 is 6.00. The summed E-state index contributed by atoms with van der Waals surface area (Å²) in [7, 11) is 0. The highest BCUT2D eigenvalue weighted by Gasteiger charge is 2.26. The molecule has 4 rings (SSSR count). The number of esters is 1. The first-order valence-electron chi connectivity index (χ1n) is 10.9. The van der Waals surface area contributed by atoms with Gasteiger partial charge in [0.2, 0.25) is 5.78 Å². The van der Waals surface area contributed by atoms with Crippen LogP contribution in [0.5, 0.6) is 0 Å². The summed E-state index contributed by atoms with van der Waals surface area (Å²) in [6, 6.07) is 30.8. The van der Waals surface area contributed by atoms with E-state index in [1.165, 1.54) is 5.56 Å². The van der Waals surface area contributed by atoms with E-state index in [1.54, 1.807) is 60.7 Å². The zero-order chi connectivity index (χ0) is 23.9. The van der Waals surface area contributed by atoms with E-state index in [0.29, 0.717) is 28.3 Å². The highest BCUT2D eigenvalue weighted by atomic mass is 35.5. The molecule has 0 amide bonds. The molecule has 0 aliphatic rings. The Balaban J connectivity index is 1.47. The second-order valence-corrected chi connectivity index (χ2v) is 8.42. The monoisotopic (exact) mass is 469 g/mol. The number of anilines is 1.